The molecule has 0 fully saturated rings. The second-order valence-corrected chi connectivity index (χ2v) is 7.20. The fraction of sp³-hybridized carbons (Fsp3) is 0.133. The summed E-state index contributed by atoms with van der Waals surface area (Å²) in [5.41, 5.74) is 2.13. The van der Waals surface area contributed by atoms with Crippen molar-refractivity contribution in [3.63, 3.8) is 0 Å². The van der Waals surface area contributed by atoms with E-state index in [1.807, 2.05) is 0 Å². The van der Waals surface area contributed by atoms with Crippen molar-refractivity contribution < 1.29 is 13.2 Å². The van der Waals surface area contributed by atoms with E-state index < -0.39 is 10.0 Å². The predicted molar refractivity (Wildman–Crippen MR) is 84.3 cm³/mol. The number of rotatable bonds is 4. The molecule has 0 saturated heterocycles. The van der Waals surface area contributed by atoms with Gasteiger partial charge in [-0.1, -0.05) is 23.7 Å². The monoisotopic (exact) mass is 336 g/mol. The smallest absolute Gasteiger partial charge is 0.240 e. The zero-order chi connectivity index (χ0) is 15.7. The largest absolute Gasteiger partial charge is 0.326 e. The average molecular weight is 337 g/mol. The number of carbonyl (C=O) groups excluding carboxylic acids is 1. The topological polar surface area (TPSA) is 75.3 Å². The predicted octanol–water partition coefficient (Wildman–Crippen LogP) is 2.31. The Balaban J connectivity index is 1.79. The Morgan fingerprint density at radius 1 is 1.18 bits per heavy atom. The minimum absolute atomic E-state index is 0.128. The number of halogens is 1. The number of hydrogen-bond acceptors (Lipinski definition) is 3. The van der Waals surface area contributed by atoms with Gasteiger partial charge in [-0.25, -0.2) is 13.1 Å². The minimum atomic E-state index is -3.64. The zero-order valence-electron chi connectivity index (χ0n) is 11.5. The molecule has 114 valence electrons. The first-order valence-electron chi connectivity index (χ1n) is 6.61. The van der Waals surface area contributed by atoms with E-state index in [2.05, 4.69) is 10.0 Å². The third-order valence-electron chi connectivity index (χ3n) is 3.37. The average Bonchev–Trinajstić information content (AvgIpc) is 2.84. The Morgan fingerprint density at radius 2 is 2.00 bits per heavy atom. The van der Waals surface area contributed by atoms with Crippen molar-refractivity contribution in [1.82, 2.24) is 4.72 Å². The molecular formula is C15H13ClN2O3S. The number of anilines is 1. The van der Waals surface area contributed by atoms with Crippen molar-refractivity contribution >= 4 is 33.2 Å². The molecule has 0 saturated carbocycles. The minimum Gasteiger partial charge on any atom is -0.326 e. The van der Waals surface area contributed by atoms with E-state index in [0.29, 0.717) is 16.3 Å². The molecule has 0 bridgehead atoms. The fourth-order valence-corrected chi connectivity index (χ4v) is 3.56. The molecule has 3 rings (SSSR count). The molecule has 7 heteroatoms. The van der Waals surface area contributed by atoms with Crippen molar-refractivity contribution in [2.75, 3.05) is 5.32 Å². The van der Waals surface area contributed by atoms with Gasteiger partial charge in [-0.15, -0.1) is 0 Å². The van der Waals surface area contributed by atoms with Gasteiger partial charge in [0.25, 0.3) is 0 Å². The number of nitrogens with one attached hydrogen (secondary N) is 2. The van der Waals surface area contributed by atoms with Gasteiger partial charge in [-0.3, -0.25) is 4.79 Å². The van der Waals surface area contributed by atoms with Crippen molar-refractivity contribution in [3.8, 4) is 0 Å². The van der Waals surface area contributed by atoms with Crippen molar-refractivity contribution in [2.24, 2.45) is 0 Å². The maximum atomic E-state index is 12.3. The van der Waals surface area contributed by atoms with Crippen LogP contribution in [0.1, 0.15) is 11.1 Å². The Hall–Kier alpha value is -1.89. The lowest BCUT2D eigenvalue weighted by Crippen LogP contribution is -2.23. The molecule has 2 N–H and O–H groups in total. The van der Waals surface area contributed by atoms with Gasteiger partial charge in [0.1, 0.15) is 0 Å². The summed E-state index contributed by atoms with van der Waals surface area (Å²) in [5, 5.41) is 3.23. The second kappa shape index (κ2) is 5.72. The molecule has 22 heavy (non-hydrogen) atoms. The maximum absolute atomic E-state index is 12.3. The molecule has 0 unspecified atom stereocenters. The highest BCUT2D eigenvalue weighted by Crippen LogP contribution is 2.25. The van der Waals surface area contributed by atoms with Gasteiger partial charge in [0.05, 0.1) is 11.3 Å². The molecule has 2 aromatic rings. The summed E-state index contributed by atoms with van der Waals surface area (Å²) in [5.74, 6) is -0.128. The highest BCUT2D eigenvalue weighted by Gasteiger charge is 2.21. The van der Waals surface area contributed by atoms with E-state index in [0.717, 1.165) is 5.56 Å². The summed E-state index contributed by atoms with van der Waals surface area (Å²) in [6.07, 6.45) is 0.201. The summed E-state index contributed by atoms with van der Waals surface area (Å²) in [4.78, 5) is 11.5. The van der Waals surface area contributed by atoms with Crippen molar-refractivity contribution in [1.29, 1.82) is 0 Å². The SMILES string of the molecule is O=C1Cc2cc(S(=O)(=O)NCc3cccc(Cl)c3)ccc2N1. The summed E-state index contributed by atoms with van der Waals surface area (Å²) >= 11 is 5.87. The Morgan fingerprint density at radius 3 is 2.77 bits per heavy atom. The van der Waals surface area contributed by atoms with E-state index in [9.17, 15) is 13.2 Å². The van der Waals surface area contributed by atoms with Crippen LogP contribution < -0.4 is 10.0 Å². The van der Waals surface area contributed by atoms with E-state index in [-0.39, 0.29) is 23.8 Å². The zero-order valence-corrected chi connectivity index (χ0v) is 13.0. The van der Waals surface area contributed by atoms with Gasteiger partial charge in [-0.2, -0.15) is 0 Å². The summed E-state index contributed by atoms with van der Waals surface area (Å²) in [6, 6.07) is 11.6. The van der Waals surface area contributed by atoms with Gasteiger partial charge < -0.3 is 5.32 Å². The first-order valence-corrected chi connectivity index (χ1v) is 8.47. The molecule has 0 radical (unpaired) electrons. The van der Waals surface area contributed by atoms with Crippen LogP contribution in [0, 0.1) is 0 Å². The lowest BCUT2D eigenvalue weighted by Gasteiger charge is -2.08. The van der Waals surface area contributed by atoms with Crippen LogP contribution in [0.4, 0.5) is 5.69 Å². The van der Waals surface area contributed by atoms with Crippen LogP contribution in [0.15, 0.2) is 47.4 Å². The van der Waals surface area contributed by atoms with Crippen LogP contribution in [0.2, 0.25) is 5.02 Å². The Labute approximate surface area is 133 Å². The molecule has 0 spiro atoms. The first kappa shape index (κ1) is 15.0. The third-order valence-corrected chi connectivity index (χ3v) is 5.00. The van der Waals surface area contributed by atoms with Crippen LogP contribution in [-0.2, 0) is 27.8 Å². The molecule has 2 aromatic carbocycles. The number of amides is 1. The first-order chi connectivity index (χ1) is 10.4. The second-order valence-electron chi connectivity index (χ2n) is 5.00. The van der Waals surface area contributed by atoms with Gasteiger partial charge in [0.15, 0.2) is 0 Å². The number of carbonyl (C=O) groups is 1. The number of hydrogen-bond donors (Lipinski definition) is 2. The molecule has 0 atom stereocenters. The highest BCUT2D eigenvalue weighted by atomic mass is 35.5. The van der Waals surface area contributed by atoms with E-state index in [1.165, 1.54) is 12.1 Å². The van der Waals surface area contributed by atoms with Crippen molar-refractivity contribution in [3.05, 3.63) is 58.6 Å². The van der Waals surface area contributed by atoms with Crippen LogP contribution in [0.3, 0.4) is 0 Å². The molecular weight excluding hydrogens is 324 g/mol. The number of sulfonamides is 1. The van der Waals surface area contributed by atoms with Gasteiger partial charge in [-0.05, 0) is 41.5 Å². The molecule has 1 aliphatic rings. The molecule has 1 heterocycles. The number of benzene rings is 2. The molecule has 0 aromatic heterocycles. The molecule has 1 aliphatic heterocycles. The lowest BCUT2D eigenvalue weighted by molar-refractivity contribution is -0.115. The molecule has 5 nitrogen and oxygen atoms in total. The van der Waals surface area contributed by atoms with Crippen LogP contribution >= 0.6 is 11.6 Å². The van der Waals surface area contributed by atoms with Gasteiger partial charge in [0, 0.05) is 17.3 Å². The Kier molecular flexibility index (Phi) is 3.90. The van der Waals surface area contributed by atoms with E-state index >= 15 is 0 Å². The van der Waals surface area contributed by atoms with Gasteiger partial charge >= 0.3 is 0 Å². The lowest BCUT2D eigenvalue weighted by atomic mass is 10.2. The van der Waals surface area contributed by atoms with Gasteiger partial charge in [0.2, 0.25) is 15.9 Å². The van der Waals surface area contributed by atoms with Crippen LogP contribution in [0.25, 0.3) is 0 Å². The van der Waals surface area contributed by atoms with Crippen molar-refractivity contribution in [2.45, 2.75) is 17.9 Å². The third kappa shape index (κ3) is 3.14. The quantitative estimate of drug-likeness (QED) is 0.899. The molecule has 1 amide bonds. The molecule has 0 aliphatic carbocycles. The maximum Gasteiger partial charge on any atom is 0.240 e. The highest BCUT2D eigenvalue weighted by molar-refractivity contribution is 7.89. The summed E-state index contributed by atoms with van der Waals surface area (Å²) < 4.78 is 27.2. The standard InChI is InChI=1S/C15H13ClN2O3S/c16-12-3-1-2-10(6-12)9-17-22(20,21)13-4-5-14-11(7-13)8-15(19)18-14/h1-7,17H,8-9H2,(H,18,19). The van der Waals surface area contributed by atoms with Crippen LogP contribution in [-0.4, -0.2) is 14.3 Å². The van der Waals surface area contributed by atoms with E-state index in [1.54, 1.807) is 30.3 Å². The normalized spacial score (nSPS) is 13.8. The fourth-order valence-electron chi connectivity index (χ4n) is 2.28. The van der Waals surface area contributed by atoms with Crippen LogP contribution in [0.5, 0.6) is 0 Å². The summed E-state index contributed by atoms with van der Waals surface area (Å²) in [6.45, 7) is 0.150. The summed E-state index contributed by atoms with van der Waals surface area (Å²) in [7, 11) is -3.64. The Bertz CT molecular complexity index is 850. The number of fused-ring (bicyclic) bond motifs is 1. The van der Waals surface area contributed by atoms with E-state index in [4.69, 9.17) is 11.6 Å².